The van der Waals surface area contributed by atoms with Crippen LogP contribution in [0.5, 0.6) is 5.75 Å². The summed E-state index contributed by atoms with van der Waals surface area (Å²) in [5.74, 6) is 1.13. The minimum atomic E-state index is 0.108. The number of ether oxygens (including phenoxy) is 1. The van der Waals surface area contributed by atoms with Crippen molar-refractivity contribution < 1.29 is 9.53 Å². The van der Waals surface area contributed by atoms with Gasteiger partial charge in [0.05, 0.1) is 48.0 Å². The number of hydrogen-bond donors (Lipinski definition) is 2. The van der Waals surface area contributed by atoms with Crippen molar-refractivity contribution in [1.82, 2.24) is 29.4 Å². The van der Waals surface area contributed by atoms with E-state index >= 15 is 0 Å². The molecule has 1 fully saturated rings. The van der Waals surface area contributed by atoms with Crippen molar-refractivity contribution in [2.75, 3.05) is 70.7 Å². The van der Waals surface area contributed by atoms with Crippen LogP contribution in [0.25, 0.3) is 22.9 Å². The molecule has 1 aliphatic heterocycles. The van der Waals surface area contributed by atoms with Crippen LogP contribution in [0, 0.1) is 0 Å². The van der Waals surface area contributed by atoms with Gasteiger partial charge in [0.2, 0.25) is 11.9 Å². The van der Waals surface area contributed by atoms with Gasteiger partial charge in [-0.25, -0.2) is 14.5 Å². The normalized spacial score (nSPS) is 14.1. The van der Waals surface area contributed by atoms with Gasteiger partial charge >= 0.3 is 0 Å². The monoisotopic (exact) mass is 575 g/mol. The van der Waals surface area contributed by atoms with E-state index < -0.39 is 0 Å². The number of benzene rings is 1. The van der Waals surface area contributed by atoms with Crippen molar-refractivity contribution in [3.05, 3.63) is 65.6 Å². The van der Waals surface area contributed by atoms with E-state index in [1.807, 2.05) is 48.7 Å². The summed E-state index contributed by atoms with van der Waals surface area (Å²) in [6.45, 7) is 3.97. The molecule has 12 heteroatoms. The van der Waals surface area contributed by atoms with Gasteiger partial charge in [0, 0.05) is 70.3 Å². The average molecular weight is 576 g/mol. The smallest absolute Gasteiger partial charge is 0.236 e. The average Bonchev–Trinajstić information content (AvgIpc) is 3.41. The van der Waals surface area contributed by atoms with Crippen LogP contribution >= 0.6 is 11.6 Å². The summed E-state index contributed by atoms with van der Waals surface area (Å²) in [6.07, 6.45) is 9.13. The van der Waals surface area contributed by atoms with Crippen LogP contribution in [-0.4, -0.2) is 95.8 Å². The number of piperazine rings is 1. The molecular formula is C29H34ClN9O2. The summed E-state index contributed by atoms with van der Waals surface area (Å²) < 4.78 is 7.58. The van der Waals surface area contributed by atoms with Gasteiger partial charge in [-0.05, 0) is 23.8 Å². The van der Waals surface area contributed by atoms with Crippen molar-refractivity contribution in [3.63, 3.8) is 0 Å². The molecule has 4 heterocycles. The van der Waals surface area contributed by atoms with Crippen molar-refractivity contribution in [2.24, 2.45) is 5.73 Å². The summed E-state index contributed by atoms with van der Waals surface area (Å²) >= 11 is 6.53. The zero-order valence-electron chi connectivity index (χ0n) is 23.4. The quantitative estimate of drug-likeness (QED) is 0.310. The molecule has 0 atom stereocenters. The zero-order valence-corrected chi connectivity index (χ0v) is 24.2. The first-order valence-electron chi connectivity index (χ1n) is 13.4. The molecule has 1 aromatic carbocycles. The van der Waals surface area contributed by atoms with Gasteiger partial charge in [0.25, 0.3) is 0 Å². The third kappa shape index (κ3) is 6.27. The summed E-state index contributed by atoms with van der Waals surface area (Å²) in [4.78, 5) is 27.5. The Balaban J connectivity index is 1.43. The van der Waals surface area contributed by atoms with Crippen LogP contribution in [0.3, 0.4) is 0 Å². The number of nitrogens with zero attached hydrogens (tertiary/aromatic N) is 7. The molecule has 1 saturated heterocycles. The molecule has 3 aromatic heterocycles. The first-order chi connectivity index (χ1) is 19.9. The minimum absolute atomic E-state index is 0.108. The first-order valence-corrected chi connectivity index (χ1v) is 13.7. The second-order valence-corrected chi connectivity index (χ2v) is 10.3. The fourth-order valence-electron chi connectivity index (χ4n) is 4.79. The minimum Gasteiger partial charge on any atom is -0.494 e. The lowest BCUT2D eigenvalue weighted by Gasteiger charge is -2.37. The van der Waals surface area contributed by atoms with Gasteiger partial charge in [0.15, 0.2) is 0 Å². The van der Waals surface area contributed by atoms with E-state index in [9.17, 15) is 4.79 Å². The number of anilines is 3. The number of methoxy groups -OCH3 is 1. The van der Waals surface area contributed by atoms with Crippen LogP contribution < -0.4 is 20.7 Å². The lowest BCUT2D eigenvalue weighted by Crippen LogP contribution is -2.49. The molecule has 11 nitrogen and oxygen atoms in total. The van der Waals surface area contributed by atoms with Crippen molar-refractivity contribution >= 4 is 46.4 Å². The van der Waals surface area contributed by atoms with E-state index in [1.165, 1.54) is 0 Å². The van der Waals surface area contributed by atoms with E-state index in [1.54, 1.807) is 43.0 Å². The lowest BCUT2D eigenvalue weighted by atomic mass is 10.1. The summed E-state index contributed by atoms with van der Waals surface area (Å²) in [5, 5.41) is 8.16. The van der Waals surface area contributed by atoms with E-state index in [4.69, 9.17) is 27.1 Å². The number of carbonyl (C=O) groups excluding carboxylic acids is 1. The number of fused-ring (bicyclic) bond motifs is 1. The molecule has 1 amide bonds. The largest absolute Gasteiger partial charge is 0.494 e. The number of aromatic nitrogens is 4. The number of pyridine rings is 1. The fourth-order valence-corrected chi connectivity index (χ4v) is 4.98. The Morgan fingerprint density at radius 3 is 2.73 bits per heavy atom. The third-order valence-electron chi connectivity index (χ3n) is 7.03. The summed E-state index contributed by atoms with van der Waals surface area (Å²) in [6, 6.07) is 9.85. The lowest BCUT2D eigenvalue weighted by molar-refractivity contribution is -0.129. The number of hydrogen-bond acceptors (Lipinski definition) is 9. The van der Waals surface area contributed by atoms with Gasteiger partial charge in [-0.15, -0.1) is 0 Å². The van der Waals surface area contributed by atoms with Gasteiger partial charge in [0.1, 0.15) is 5.75 Å². The fraction of sp³-hybridized carbons (Fsp3) is 0.310. The Labute approximate surface area is 244 Å². The zero-order chi connectivity index (χ0) is 28.9. The van der Waals surface area contributed by atoms with Crippen LogP contribution in [0.2, 0.25) is 5.02 Å². The molecule has 214 valence electrons. The molecule has 1 aliphatic rings. The van der Waals surface area contributed by atoms with Crippen molar-refractivity contribution in [1.29, 1.82) is 0 Å². The maximum Gasteiger partial charge on any atom is 0.236 e. The molecule has 4 aromatic rings. The van der Waals surface area contributed by atoms with Gasteiger partial charge in [-0.3, -0.25) is 9.69 Å². The molecule has 0 aliphatic carbocycles. The standard InChI is InChI=1S/C29H34ClN9O2/c1-36(2)27(40)19-37-11-13-38(14-12-37)25-16-26(41-3)23(15-20(25)7-6-9-31)34-29-32-18-22(30)28(35-29)21-17-33-39-10-5-4-8-24(21)39/h4-8,10,15-18H,9,11-14,19,31H2,1-3H3,(H,32,34,35). The number of amides is 1. The van der Waals surface area contributed by atoms with Crippen LogP contribution in [-0.2, 0) is 4.79 Å². The molecule has 3 N–H and O–H groups in total. The summed E-state index contributed by atoms with van der Waals surface area (Å²) in [7, 11) is 5.20. The number of halogens is 1. The van der Waals surface area contributed by atoms with E-state index in [0.717, 1.165) is 48.5 Å². The molecule has 0 saturated carbocycles. The number of nitrogens with one attached hydrogen (secondary N) is 1. The predicted molar refractivity (Wildman–Crippen MR) is 163 cm³/mol. The Bertz CT molecular complexity index is 1560. The number of nitrogens with two attached hydrogens (primary N) is 1. The molecule has 41 heavy (non-hydrogen) atoms. The second-order valence-electron chi connectivity index (χ2n) is 9.90. The molecule has 0 radical (unpaired) electrons. The highest BCUT2D eigenvalue weighted by Crippen LogP contribution is 2.37. The van der Waals surface area contributed by atoms with E-state index in [0.29, 0.717) is 41.2 Å². The maximum absolute atomic E-state index is 12.2. The van der Waals surface area contributed by atoms with Crippen LogP contribution in [0.1, 0.15) is 5.56 Å². The Kier molecular flexibility index (Phi) is 8.67. The summed E-state index contributed by atoms with van der Waals surface area (Å²) in [5.41, 5.74) is 10.8. The van der Waals surface area contributed by atoms with Gasteiger partial charge in [-0.2, -0.15) is 5.10 Å². The number of likely N-dealkylation sites (N-methyl/N-ethyl adjacent to an activating group) is 1. The molecular weight excluding hydrogens is 542 g/mol. The molecule has 0 bridgehead atoms. The maximum atomic E-state index is 12.2. The number of rotatable bonds is 9. The first kappa shape index (κ1) is 28.3. The van der Waals surface area contributed by atoms with Crippen molar-refractivity contribution in [3.8, 4) is 17.0 Å². The van der Waals surface area contributed by atoms with Crippen LogP contribution in [0.15, 0.2) is 55.0 Å². The second kappa shape index (κ2) is 12.5. The highest BCUT2D eigenvalue weighted by Gasteiger charge is 2.23. The highest BCUT2D eigenvalue weighted by atomic mass is 35.5. The molecule has 0 unspecified atom stereocenters. The number of carbonyl (C=O) groups is 1. The Morgan fingerprint density at radius 1 is 1.20 bits per heavy atom. The van der Waals surface area contributed by atoms with Crippen molar-refractivity contribution in [2.45, 2.75) is 0 Å². The van der Waals surface area contributed by atoms with Gasteiger partial charge in [-0.1, -0.05) is 29.8 Å². The van der Waals surface area contributed by atoms with Crippen LogP contribution in [0.4, 0.5) is 17.3 Å². The Morgan fingerprint density at radius 2 is 2.00 bits per heavy atom. The highest BCUT2D eigenvalue weighted by molar-refractivity contribution is 6.33. The SMILES string of the molecule is COc1cc(N2CCN(CC(=O)N(C)C)CC2)c(C=CCN)cc1Nc1ncc(Cl)c(-c2cnn3ccccc23)n1. The molecule has 5 rings (SSSR count). The predicted octanol–water partition coefficient (Wildman–Crippen LogP) is 3.38. The van der Waals surface area contributed by atoms with Gasteiger partial charge < -0.3 is 25.6 Å². The topological polar surface area (TPSA) is 117 Å². The Hall–Kier alpha value is -4.19. The molecule has 0 spiro atoms. The third-order valence-corrected chi connectivity index (χ3v) is 7.30. The van der Waals surface area contributed by atoms with E-state index in [-0.39, 0.29) is 5.91 Å². The van der Waals surface area contributed by atoms with E-state index in [2.05, 4.69) is 25.2 Å².